The summed E-state index contributed by atoms with van der Waals surface area (Å²) in [7, 11) is -0.438. The SMILES string of the molecule is Brc1ccc2c(-c3ccccc3)c3cc(-c4nc(-c5ccccc5)nc(-c5ccccc5)n4)ccc3c(-c3ccccc3)c2c1.CC1(C)OB(c2cc3ccc4cc(C#N)cc5c4c3c(c2)n5-c2ccccc2)OC1(C)C. The van der Waals surface area contributed by atoms with Crippen molar-refractivity contribution in [2.24, 2.45) is 0 Å². The van der Waals surface area contributed by atoms with Crippen LogP contribution in [0.4, 0.5) is 0 Å². The maximum atomic E-state index is 9.64. The topological polar surface area (TPSA) is 85.9 Å². The fourth-order valence-electron chi connectivity index (χ4n) is 10.9. The number of nitrogens with zero attached hydrogens (tertiary/aromatic N) is 5. The third-order valence-electron chi connectivity index (χ3n) is 15.3. The Morgan fingerprint density at radius 2 is 0.883 bits per heavy atom. The van der Waals surface area contributed by atoms with Gasteiger partial charge in [0.05, 0.1) is 33.9 Å². The normalized spacial score (nSPS) is 13.8. The highest BCUT2D eigenvalue weighted by atomic mass is 79.9. The Morgan fingerprint density at radius 3 is 1.40 bits per heavy atom. The Bertz CT molecular complexity index is 4340. The molecule has 0 atom stereocenters. The van der Waals surface area contributed by atoms with Crippen molar-refractivity contribution in [3.63, 3.8) is 0 Å². The molecule has 77 heavy (non-hydrogen) atoms. The van der Waals surface area contributed by atoms with Gasteiger partial charge in [0.2, 0.25) is 0 Å². The molecule has 13 aromatic rings. The molecule has 0 amide bonds. The van der Waals surface area contributed by atoms with Gasteiger partial charge >= 0.3 is 7.12 Å². The van der Waals surface area contributed by atoms with Gasteiger partial charge in [-0.2, -0.15) is 5.26 Å². The van der Waals surface area contributed by atoms with Crippen LogP contribution >= 0.6 is 15.9 Å². The summed E-state index contributed by atoms with van der Waals surface area (Å²) in [6.45, 7) is 8.30. The summed E-state index contributed by atoms with van der Waals surface area (Å²) in [6, 6.07) is 79.9. The summed E-state index contributed by atoms with van der Waals surface area (Å²) in [5, 5.41) is 19.0. The number of aromatic nitrogens is 4. The molecule has 1 aliphatic heterocycles. The van der Waals surface area contributed by atoms with Crippen LogP contribution < -0.4 is 5.46 Å². The van der Waals surface area contributed by atoms with Crippen LogP contribution in [0.3, 0.4) is 0 Å². The second kappa shape index (κ2) is 19.1. The smallest absolute Gasteiger partial charge is 0.399 e. The van der Waals surface area contributed by atoms with Crippen molar-refractivity contribution in [2.45, 2.75) is 38.9 Å². The zero-order valence-electron chi connectivity index (χ0n) is 42.9. The molecular formula is C68H49BBrN5O2. The van der Waals surface area contributed by atoms with Crippen molar-refractivity contribution in [1.82, 2.24) is 19.5 Å². The zero-order chi connectivity index (χ0) is 52.4. The first-order chi connectivity index (χ1) is 37.5. The second-order valence-corrected chi connectivity index (χ2v) is 21.6. The van der Waals surface area contributed by atoms with Gasteiger partial charge in [0, 0.05) is 37.6 Å². The highest BCUT2D eigenvalue weighted by Crippen LogP contribution is 2.46. The lowest BCUT2D eigenvalue weighted by molar-refractivity contribution is 0.00578. The number of nitriles is 1. The number of halogens is 1. The standard InChI is InChI=1S/C41H26BrN3.C27H23BN2O2/c42-32-22-24-34-36(26-32)38(28-15-7-2-8-16-28)33-23-21-31(25-35(33)37(34)27-13-5-1-6-14-27)41-44-39(29-17-9-3-10-18-29)43-40(45-41)30-19-11-4-12-20-30;1-26(2)27(3,4)32-28(31-26)20-14-19-11-10-18-12-17(16-29)13-22-24(18)25(19)23(15-20)30(22)21-8-6-5-7-9-21/h1-26H;5-15H,1-4H3. The molecule has 11 aromatic carbocycles. The largest absolute Gasteiger partial charge is 0.494 e. The molecule has 1 aliphatic rings. The Labute approximate surface area is 455 Å². The van der Waals surface area contributed by atoms with Gasteiger partial charge in [-0.15, -0.1) is 0 Å². The van der Waals surface area contributed by atoms with Gasteiger partial charge in [-0.05, 0) is 136 Å². The highest BCUT2D eigenvalue weighted by molar-refractivity contribution is 9.10. The number of hydrogen-bond donors (Lipinski definition) is 0. The van der Waals surface area contributed by atoms with E-state index < -0.39 is 18.3 Å². The van der Waals surface area contributed by atoms with Gasteiger partial charge in [-0.25, -0.2) is 15.0 Å². The molecule has 2 aromatic heterocycles. The molecule has 1 fully saturated rings. The predicted molar refractivity (Wildman–Crippen MR) is 320 cm³/mol. The van der Waals surface area contributed by atoms with Crippen molar-refractivity contribution < 1.29 is 9.31 Å². The summed E-state index contributed by atoms with van der Waals surface area (Å²) < 4.78 is 16.0. The molecule has 0 bridgehead atoms. The third kappa shape index (κ3) is 8.52. The van der Waals surface area contributed by atoms with E-state index in [1.165, 1.54) is 43.6 Å². The van der Waals surface area contributed by atoms with E-state index in [9.17, 15) is 5.26 Å². The Balaban J connectivity index is 0.000000156. The first-order valence-corrected chi connectivity index (χ1v) is 26.6. The number of rotatable bonds is 7. The van der Waals surface area contributed by atoms with Gasteiger partial charge in [0.1, 0.15) is 0 Å². The van der Waals surface area contributed by atoms with E-state index in [1.54, 1.807) is 0 Å². The van der Waals surface area contributed by atoms with E-state index in [-0.39, 0.29) is 0 Å². The van der Waals surface area contributed by atoms with Gasteiger partial charge in [-0.3, -0.25) is 0 Å². The Morgan fingerprint density at radius 1 is 0.442 bits per heavy atom. The van der Waals surface area contributed by atoms with Crippen molar-refractivity contribution >= 4 is 82.6 Å². The molecule has 368 valence electrons. The fraction of sp³-hybridized carbons (Fsp3) is 0.0882. The Hall–Kier alpha value is -8.78. The summed E-state index contributed by atoms with van der Waals surface area (Å²) in [4.78, 5) is 15.0. The van der Waals surface area contributed by atoms with Crippen LogP contribution in [0.15, 0.2) is 229 Å². The number of hydrogen-bond acceptors (Lipinski definition) is 6. The number of fused-ring (bicyclic) bond motifs is 2. The first kappa shape index (κ1) is 47.9. The third-order valence-corrected chi connectivity index (χ3v) is 15.8. The molecule has 1 saturated heterocycles. The molecule has 0 radical (unpaired) electrons. The predicted octanol–water partition coefficient (Wildman–Crippen LogP) is 16.8. The van der Waals surface area contributed by atoms with Crippen LogP contribution in [-0.4, -0.2) is 37.8 Å². The van der Waals surface area contributed by atoms with Gasteiger partial charge in [0.15, 0.2) is 17.5 Å². The van der Waals surface area contributed by atoms with E-state index in [1.807, 2.05) is 91.0 Å². The Kier molecular flexibility index (Phi) is 11.9. The zero-order valence-corrected chi connectivity index (χ0v) is 44.5. The van der Waals surface area contributed by atoms with Crippen LogP contribution in [-0.2, 0) is 9.31 Å². The average Bonchev–Trinajstić information content (AvgIpc) is 4.18. The van der Waals surface area contributed by atoms with Crippen molar-refractivity contribution in [1.29, 1.82) is 5.26 Å². The van der Waals surface area contributed by atoms with E-state index in [0.29, 0.717) is 23.0 Å². The van der Waals surface area contributed by atoms with Gasteiger partial charge in [0.25, 0.3) is 0 Å². The molecule has 3 heterocycles. The number of para-hydroxylation sites is 1. The first-order valence-electron chi connectivity index (χ1n) is 25.8. The van der Waals surface area contributed by atoms with Crippen LogP contribution in [0.5, 0.6) is 0 Å². The molecule has 0 spiro atoms. The minimum atomic E-state index is -0.438. The summed E-state index contributed by atoms with van der Waals surface area (Å²) >= 11 is 3.76. The maximum Gasteiger partial charge on any atom is 0.494 e. The minimum Gasteiger partial charge on any atom is -0.399 e. The maximum absolute atomic E-state index is 9.64. The summed E-state index contributed by atoms with van der Waals surface area (Å²) in [5.41, 5.74) is 11.6. The van der Waals surface area contributed by atoms with Crippen LogP contribution in [0.25, 0.3) is 116 Å². The van der Waals surface area contributed by atoms with Crippen LogP contribution in [0, 0.1) is 11.3 Å². The van der Waals surface area contributed by atoms with Crippen molar-refractivity contribution in [3.8, 4) is 68.2 Å². The average molecular weight is 1060 g/mol. The molecule has 0 unspecified atom stereocenters. The summed E-state index contributed by atoms with van der Waals surface area (Å²) in [6.07, 6.45) is 0. The van der Waals surface area contributed by atoms with E-state index >= 15 is 0 Å². The summed E-state index contributed by atoms with van der Waals surface area (Å²) in [5.74, 6) is 1.94. The quantitative estimate of drug-likeness (QED) is 0.0898. The van der Waals surface area contributed by atoms with Crippen molar-refractivity contribution in [2.75, 3.05) is 0 Å². The van der Waals surface area contributed by atoms with E-state index in [0.717, 1.165) is 65.1 Å². The minimum absolute atomic E-state index is 0.402. The molecule has 9 heteroatoms. The molecular weight excluding hydrogens is 1010 g/mol. The molecule has 0 N–H and O–H groups in total. The number of benzene rings is 11. The highest BCUT2D eigenvalue weighted by Gasteiger charge is 2.52. The fourth-order valence-corrected chi connectivity index (χ4v) is 11.3. The monoisotopic (exact) mass is 1060 g/mol. The van der Waals surface area contributed by atoms with Crippen LogP contribution in [0.2, 0.25) is 0 Å². The van der Waals surface area contributed by atoms with Gasteiger partial charge in [-0.1, -0.05) is 192 Å². The van der Waals surface area contributed by atoms with E-state index in [2.05, 4.69) is 188 Å². The van der Waals surface area contributed by atoms with Crippen molar-refractivity contribution in [3.05, 3.63) is 234 Å². The lowest BCUT2D eigenvalue weighted by Gasteiger charge is -2.32. The lowest BCUT2D eigenvalue weighted by Crippen LogP contribution is -2.41. The molecule has 0 saturated carbocycles. The van der Waals surface area contributed by atoms with Crippen LogP contribution in [0.1, 0.15) is 33.3 Å². The van der Waals surface area contributed by atoms with Gasteiger partial charge < -0.3 is 13.9 Å². The molecule has 14 rings (SSSR count). The second-order valence-electron chi connectivity index (χ2n) is 20.6. The molecule has 7 nitrogen and oxygen atoms in total. The van der Waals surface area contributed by atoms with E-state index in [4.69, 9.17) is 24.3 Å². The lowest BCUT2D eigenvalue weighted by atomic mass is 9.78. The molecule has 0 aliphatic carbocycles.